The number of halogens is 1. The van der Waals surface area contributed by atoms with Crippen LogP contribution >= 0.6 is 0 Å². The van der Waals surface area contributed by atoms with Gasteiger partial charge in [-0.05, 0) is 18.2 Å². The van der Waals surface area contributed by atoms with Crippen molar-refractivity contribution < 1.29 is 4.39 Å². The van der Waals surface area contributed by atoms with Crippen LogP contribution in [0.4, 0.5) is 4.39 Å². The summed E-state index contributed by atoms with van der Waals surface area (Å²) in [6, 6.07) is 7.84. The van der Waals surface area contributed by atoms with Crippen molar-refractivity contribution in [2.75, 3.05) is 0 Å². The number of benzene rings is 1. The van der Waals surface area contributed by atoms with Crippen LogP contribution in [0.3, 0.4) is 0 Å². The number of hydrogen-bond donors (Lipinski definition) is 1. The monoisotopic (exact) mass is 281 g/mol. The molecular weight excluding hydrogens is 273 g/mol. The average molecular weight is 281 g/mol. The molecule has 0 atom stereocenters. The van der Waals surface area contributed by atoms with E-state index in [4.69, 9.17) is 0 Å². The lowest BCUT2D eigenvalue weighted by Gasteiger charge is -1.96. The topological polar surface area (TPSA) is 75.9 Å². The van der Waals surface area contributed by atoms with Gasteiger partial charge in [0.05, 0.1) is 16.5 Å². The van der Waals surface area contributed by atoms with Gasteiger partial charge in [0.25, 0.3) is 0 Å². The van der Waals surface area contributed by atoms with Crippen molar-refractivity contribution >= 4 is 16.6 Å². The van der Waals surface area contributed by atoms with Crippen molar-refractivity contribution in [2.45, 2.75) is 0 Å². The number of nitrogens with one attached hydrogen (secondary N) is 1. The van der Waals surface area contributed by atoms with E-state index in [9.17, 15) is 9.18 Å². The Bertz CT molecular complexity index is 1040. The summed E-state index contributed by atoms with van der Waals surface area (Å²) >= 11 is 0. The Morgan fingerprint density at radius 2 is 2.05 bits per heavy atom. The summed E-state index contributed by atoms with van der Waals surface area (Å²) in [4.78, 5) is 23.0. The zero-order valence-electron chi connectivity index (χ0n) is 10.6. The minimum absolute atomic E-state index is 0.162. The number of nitrogens with zero attached hydrogens (tertiary/aromatic N) is 4. The van der Waals surface area contributed by atoms with E-state index in [1.54, 1.807) is 36.7 Å². The Morgan fingerprint density at radius 3 is 2.90 bits per heavy atom. The van der Waals surface area contributed by atoms with Gasteiger partial charge in [-0.3, -0.25) is 4.98 Å². The maximum atomic E-state index is 13.8. The van der Waals surface area contributed by atoms with Gasteiger partial charge in [0.1, 0.15) is 5.82 Å². The van der Waals surface area contributed by atoms with Crippen LogP contribution in [0.2, 0.25) is 0 Å². The van der Waals surface area contributed by atoms with Gasteiger partial charge in [-0.15, -0.1) is 5.10 Å². The maximum absolute atomic E-state index is 13.8. The molecule has 0 bridgehead atoms. The standard InChI is InChI=1S/C14H8FN5O/c15-10-4-2-1-3-8(10)12-18-13-9-7-16-6-5-11(9)17-14(21)20(13)19-12/h1-7H,(H,17,21). The Hall–Kier alpha value is -3.09. The number of fused-ring (bicyclic) bond motifs is 3. The van der Waals surface area contributed by atoms with E-state index >= 15 is 0 Å². The fraction of sp³-hybridized carbons (Fsp3) is 0. The minimum atomic E-state index is -0.438. The Labute approximate surface area is 116 Å². The van der Waals surface area contributed by atoms with E-state index in [0.717, 1.165) is 4.52 Å². The van der Waals surface area contributed by atoms with Crippen LogP contribution in [0.1, 0.15) is 0 Å². The van der Waals surface area contributed by atoms with Crippen molar-refractivity contribution in [1.29, 1.82) is 0 Å². The van der Waals surface area contributed by atoms with Crippen LogP contribution in [0.5, 0.6) is 0 Å². The largest absolute Gasteiger partial charge is 0.348 e. The first kappa shape index (κ1) is 11.7. The third kappa shape index (κ3) is 1.71. The lowest BCUT2D eigenvalue weighted by Crippen LogP contribution is -2.17. The molecule has 21 heavy (non-hydrogen) atoms. The number of hydrogen-bond acceptors (Lipinski definition) is 4. The molecule has 0 radical (unpaired) electrons. The van der Waals surface area contributed by atoms with E-state index in [-0.39, 0.29) is 11.4 Å². The molecular formula is C14H8FN5O. The number of rotatable bonds is 1. The summed E-state index contributed by atoms with van der Waals surface area (Å²) in [7, 11) is 0. The second kappa shape index (κ2) is 4.20. The lowest BCUT2D eigenvalue weighted by molar-refractivity contribution is 0.630. The van der Waals surface area contributed by atoms with E-state index in [1.165, 1.54) is 6.07 Å². The molecule has 0 saturated carbocycles. The van der Waals surface area contributed by atoms with E-state index in [1.807, 2.05) is 0 Å². The first-order valence-electron chi connectivity index (χ1n) is 6.22. The molecule has 0 aliphatic carbocycles. The van der Waals surface area contributed by atoms with E-state index < -0.39 is 11.5 Å². The molecule has 1 aromatic carbocycles. The highest BCUT2D eigenvalue weighted by atomic mass is 19.1. The van der Waals surface area contributed by atoms with Crippen molar-refractivity contribution in [3.8, 4) is 11.4 Å². The second-order valence-electron chi connectivity index (χ2n) is 4.50. The highest BCUT2D eigenvalue weighted by Gasteiger charge is 2.14. The zero-order chi connectivity index (χ0) is 14.4. The van der Waals surface area contributed by atoms with Crippen LogP contribution in [-0.4, -0.2) is 24.6 Å². The molecule has 4 aromatic rings. The molecule has 0 fully saturated rings. The molecule has 0 spiro atoms. The summed E-state index contributed by atoms with van der Waals surface area (Å²) in [5, 5.41) is 4.73. The van der Waals surface area contributed by atoms with Gasteiger partial charge in [-0.2, -0.15) is 4.52 Å². The molecule has 3 heterocycles. The number of aromatic nitrogens is 5. The van der Waals surface area contributed by atoms with Crippen LogP contribution in [0.15, 0.2) is 47.5 Å². The predicted octanol–water partition coefficient (Wildman–Crippen LogP) is 1.77. The van der Waals surface area contributed by atoms with Gasteiger partial charge in [0.15, 0.2) is 11.5 Å². The van der Waals surface area contributed by atoms with Crippen molar-refractivity contribution in [3.63, 3.8) is 0 Å². The fourth-order valence-corrected chi connectivity index (χ4v) is 2.23. The zero-order valence-corrected chi connectivity index (χ0v) is 10.6. The quantitative estimate of drug-likeness (QED) is 0.577. The lowest BCUT2D eigenvalue weighted by atomic mass is 10.2. The molecule has 1 N–H and O–H groups in total. The smallest absolute Gasteiger partial charge is 0.305 e. The molecule has 102 valence electrons. The minimum Gasteiger partial charge on any atom is -0.305 e. The highest BCUT2D eigenvalue weighted by molar-refractivity contribution is 5.90. The van der Waals surface area contributed by atoms with Crippen LogP contribution in [0.25, 0.3) is 27.9 Å². The van der Waals surface area contributed by atoms with Gasteiger partial charge in [0, 0.05) is 12.4 Å². The summed E-state index contributed by atoms with van der Waals surface area (Å²) in [6.45, 7) is 0. The third-order valence-corrected chi connectivity index (χ3v) is 3.22. The van der Waals surface area contributed by atoms with Gasteiger partial charge in [-0.25, -0.2) is 14.2 Å². The Balaban J connectivity index is 2.11. The van der Waals surface area contributed by atoms with E-state index in [0.29, 0.717) is 16.6 Å². The predicted molar refractivity (Wildman–Crippen MR) is 74.3 cm³/mol. The molecule has 0 aliphatic heterocycles. The van der Waals surface area contributed by atoms with Crippen molar-refractivity contribution in [1.82, 2.24) is 24.6 Å². The molecule has 0 amide bonds. The summed E-state index contributed by atoms with van der Waals surface area (Å²) in [5.41, 5.74) is 0.770. The molecule has 3 aromatic heterocycles. The molecule has 6 nitrogen and oxygen atoms in total. The van der Waals surface area contributed by atoms with Crippen LogP contribution < -0.4 is 5.69 Å². The molecule has 0 unspecified atom stereocenters. The molecule has 7 heteroatoms. The SMILES string of the molecule is O=c1[nH]c2ccncc2c2nc(-c3ccccc3F)nn12. The number of pyridine rings is 1. The number of aromatic amines is 1. The van der Waals surface area contributed by atoms with Crippen molar-refractivity contribution in [3.05, 3.63) is 59.0 Å². The highest BCUT2D eigenvalue weighted by Crippen LogP contribution is 2.21. The van der Waals surface area contributed by atoms with Gasteiger partial charge >= 0.3 is 5.69 Å². The molecule has 0 aliphatic rings. The average Bonchev–Trinajstić information content (AvgIpc) is 2.94. The normalized spacial score (nSPS) is 11.3. The summed E-state index contributed by atoms with van der Waals surface area (Å²) in [5.74, 6) is -0.276. The first-order valence-corrected chi connectivity index (χ1v) is 6.22. The fourth-order valence-electron chi connectivity index (χ4n) is 2.23. The first-order chi connectivity index (χ1) is 10.2. The number of H-pyrrole nitrogens is 1. The second-order valence-corrected chi connectivity index (χ2v) is 4.50. The Kier molecular flexibility index (Phi) is 2.34. The van der Waals surface area contributed by atoms with E-state index in [2.05, 4.69) is 20.1 Å². The summed E-state index contributed by atoms with van der Waals surface area (Å²) in [6.07, 6.45) is 3.16. The third-order valence-electron chi connectivity index (χ3n) is 3.22. The van der Waals surface area contributed by atoms with Gasteiger partial charge in [-0.1, -0.05) is 12.1 Å². The molecule has 4 rings (SSSR count). The van der Waals surface area contributed by atoms with Gasteiger partial charge < -0.3 is 4.98 Å². The summed E-state index contributed by atoms with van der Waals surface area (Å²) < 4.78 is 14.9. The van der Waals surface area contributed by atoms with Crippen LogP contribution in [0, 0.1) is 5.82 Å². The Morgan fingerprint density at radius 1 is 1.19 bits per heavy atom. The van der Waals surface area contributed by atoms with Crippen LogP contribution in [-0.2, 0) is 0 Å². The van der Waals surface area contributed by atoms with Gasteiger partial charge in [0.2, 0.25) is 0 Å². The van der Waals surface area contributed by atoms with Crippen molar-refractivity contribution in [2.24, 2.45) is 0 Å². The molecule has 0 saturated heterocycles. The maximum Gasteiger partial charge on any atom is 0.348 e.